The summed E-state index contributed by atoms with van der Waals surface area (Å²) in [4.78, 5) is 28.4. The zero-order valence-corrected chi connectivity index (χ0v) is 24.6. The molecule has 1 N–H and O–H groups in total. The van der Waals surface area contributed by atoms with Crippen molar-refractivity contribution >= 4 is 27.5 Å². The molecule has 3 aromatic rings. The minimum Gasteiger partial charge on any atom is -0.489 e. The van der Waals surface area contributed by atoms with Crippen molar-refractivity contribution in [3.63, 3.8) is 0 Å². The summed E-state index contributed by atoms with van der Waals surface area (Å²) in [5, 5.41) is 3.08. The van der Waals surface area contributed by atoms with E-state index in [0.717, 1.165) is 47.4 Å². The van der Waals surface area contributed by atoms with Crippen LogP contribution in [0.25, 0.3) is 0 Å². The Balaban J connectivity index is 1.48. The summed E-state index contributed by atoms with van der Waals surface area (Å²) in [6.07, 6.45) is 5.64. The highest BCUT2D eigenvalue weighted by molar-refractivity contribution is 7.92. The Morgan fingerprint density at radius 3 is 2.07 bits per heavy atom. The molecule has 0 aromatic heterocycles. The second-order valence-corrected chi connectivity index (χ2v) is 12.4. The number of ether oxygens (including phenoxy) is 1. The fourth-order valence-corrected chi connectivity index (χ4v) is 5.87. The van der Waals surface area contributed by atoms with E-state index < -0.39 is 28.5 Å². The second kappa shape index (κ2) is 14.2. The van der Waals surface area contributed by atoms with E-state index in [9.17, 15) is 18.0 Å². The lowest BCUT2D eigenvalue weighted by Gasteiger charge is -2.32. The Morgan fingerprint density at radius 2 is 1.49 bits per heavy atom. The molecular formula is C32H39N3O5S. The molecule has 0 saturated heterocycles. The number of sulfonamides is 1. The molecule has 4 rings (SSSR count). The van der Waals surface area contributed by atoms with E-state index in [1.54, 1.807) is 31.2 Å². The Hall–Kier alpha value is -3.85. The van der Waals surface area contributed by atoms with E-state index in [1.165, 1.54) is 4.90 Å². The molecule has 0 aliphatic heterocycles. The van der Waals surface area contributed by atoms with Crippen molar-refractivity contribution in [3.05, 3.63) is 96.1 Å². The van der Waals surface area contributed by atoms with Crippen LogP contribution in [0.15, 0.2) is 84.9 Å². The number of hydrogen-bond acceptors (Lipinski definition) is 5. The molecule has 0 radical (unpaired) electrons. The van der Waals surface area contributed by atoms with Gasteiger partial charge in [0.1, 0.15) is 24.9 Å². The molecule has 0 spiro atoms. The van der Waals surface area contributed by atoms with Crippen LogP contribution in [0.1, 0.15) is 43.7 Å². The van der Waals surface area contributed by atoms with Crippen LogP contribution in [0.4, 0.5) is 5.69 Å². The summed E-state index contributed by atoms with van der Waals surface area (Å²) in [7, 11) is -3.80. The Kier molecular flexibility index (Phi) is 10.4. The number of nitrogens with zero attached hydrogens (tertiary/aromatic N) is 2. The highest BCUT2D eigenvalue weighted by atomic mass is 32.2. The van der Waals surface area contributed by atoms with Crippen LogP contribution in [0, 0.1) is 0 Å². The van der Waals surface area contributed by atoms with Gasteiger partial charge in [-0.05, 0) is 61.6 Å². The summed E-state index contributed by atoms with van der Waals surface area (Å²) in [5.41, 5.74) is 2.39. The third-order valence-corrected chi connectivity index (χ3v) is 8.55. The topological polar surface area (TPSA) is 96.0 Å². The van der Waals surface area contributed by atoms with Crippen LogP contribution in [0.3, 0.4) is 0 Å². The van der Waals surface area contributed by atoms with Gasteiger partial charge in [0.15, 0.2) is 0 Å². The molecule has 1 fully saturated rings. The first-order valence-electron chi connectivity index (χ1n) is 14.1. The molecule has 8 nitrogen and oxygen atoms in total. The van der Waals surface area contributed by atoms with Crippen molar-refractivity contribution in [1.29, 1.82) is 0 Å². The molecule has 41 heavy (non-hydrogen) atoms. The average molecular weight is 578 g/mol. The number of hydrogen-bond donors (Lipinski definition) is 1. The van der Waals surface area contributed by atoms with Gasteiger partial charge in [0, 0.05) is 12.6 Å². The van der Waals surface area contributed by atoms with Gasteiger partial charge in [-0.15, -0.1) is 0 Å². The van der Waals surface area contributed by atoms with Crippen molar-refractivity contribution in [2.75, 3.05) is 23.7 Å². The zero-order valence-electron chi connectivity index (χ0n) is 23.7. The van der Waals surface area contributed by atoms with Crippen LogP contribution in [0.2, 0.25) is 0 Å². The van der Waals surface area contributed by atoms with Crippen LogP contribution in [0.5, 0.6) is 5.75 Å². The molecular weight excluding hydrogens is 538 g/mol. The van der Waals surface area contributed by atoms with Gasteiger partial charge in [0.25, 0.3) is 0 Å². The van der Waals surface area contributed by atoms with E-state index in [1.807, 2.05) is 60.7 Å². The summed E-state index contributed by atoms with van der Waals surface area (Å²) < 4.78 is 32.6. The van der Waals surface area contributed by atoms with Crippen molar-refractivity contribution in [2.45, 2.75) is 57.7 Å². The number of carbonyl (C=O) groups is 2. The highest BCUT2D eigenvalue weighted by Crippen LogP contribution is 2.23. The standard InChI is InChI=1S/C32H39N3O5S/c1-25(32(37)33-28-15-9-10-16-28)34(22-21-26-11-5-3-6-12-26)31(36)23-35(41(2,38)39)29-17-19-30(20-18-29)40-24-27-13-7-4-8-14-27/h3-8,11-14,17-20,25,28H,9-10,15-16,21-24H2,1-2H3,(H,33,37)/t25-/m1/s1. The largest absolute Gasteiger partial charge is 0.489 e. The molecule has 1 aliphatic carbocycles. The number of benzene rings is 3. The summed E-state index contributed by atoms with van der Waals surface area (Å²) in [6.45, 7) is 1.95. The third-order valence-electron chi connectivity index (χ3n) is 7.41. The molecule has 0 unspecified atom stereocenters. The van der Waals surface area contributed by atoms with E-state index in [4.69, 9.17) is 4.74 Å². The lowest BCUT2D eigenvalue weighted by molar-refractivity contribution is -0.139. The Labute approximate surface area is 243 Å². The van der Waals surface area contributed by atoms with Crippen molar-refractivity contribution in [3.8, 4) is 5.75 Å². The number of amides is 2. The number of nitrogens with one attached hydrogen (secondary N) is 1. The maximum absolute atomic E-state index is 13.7. The lowest BCUT2D eigenvalue weighted by Crippen LogP contribution is -2.53. The van der Waals surface area contributed by atoms with Crippen molar-refractivity contribution in [2.24, 2.45) is 0 Å². The minimum absolute atomic E-state index is 0.117. The maximum atomic E-state index is 13.7. The Bertz CT molecular complexity index is 1380. The van der Waals surface area contributed by atoms with Gasteiger partial charge >= 0.3 is 0 Å². The fraction of sp³-hybridized carbons (Fsp3) is 0.375. The van der Waals surface area contributed by atoms with Crippen LogP contribution < -0.4 is 14.4 Å². The predicted molar refractivity (Wildman–Crippen MR) is 161 cm³/mol. The number of anilines is 1. The molecule has 1 aliphatic rings. The molecule has 1 atom stereocenters. The molecule has 218 valence electrons. The first kappa shape index (κ1) is 30.1. The molecule has 0 bridgehead atoms. The minimum atomic E-state index is -3.80. The highest BCUT2D eigenvalue weighted by Gasteiger charge is 2.31. The SMILES string of the molecule is C[C@H](C(=O)NC1CCCC1)N(CCc1ccccc1)C(=O)CN(c1ccc(OCc2ccccc2)cc1)S(C)(=O)=O. The van der Waals surface area contributed by atoms with Gasteiger partial charge < -0.3 is 15.0 Å². The third kappa shape index (κ3) is 8.82. The van der Waals surface area contributed by atoms with Gasteiger partial charge in [-0.2, -0.15) is 0 Å². The second-order valence-electron chi connectivity index (χ2n) is 10.5. The molecule has 9 heteroatoms. The van der Waals surface area contributed by atoms with Crippen molar-refractivity contribution in [1.82, 2.24) is 10.2 Å². The molecule has 1 saturated carbocycles. The van der Waals surface area contributed by atoms with Gasteiger partial charge in [-0.25, -0.2) is 8.42 Å². The lowest BCUT2D eigenvalue weighted by atomic mass is 10.1. The van der Waals surface area contributed by atoms with Gasteiger partial charge in [0.05, 0.1) is 11.9 Å². The first-order chi connectivity index (χ1) is 19.7. The van der Waals surface area contributed by atoms with Gasteiger partial charge in [-0.1, -0.05) is 73.5 Å². The Morgan fingerprint density at radius 1 is 0.902 bits per heavy atom. The van der Waals surface area contributed by atoms with Crippen LogP contribution >= 0.6 is 0 Å². The maximum Gasteiger partial charge on any atom is 0.244 e. The van der Waals surface area contributed by atoms with E-state index >= 15 is 0 Å². The summed E-state index contributed by atoms with van der Waals surface area (Å²) in [6, 6.07) is 25.4. The van der Waals surface area contributed by atoms with Crippen LogP contribution in [-0.2, 0) is 32.6 Å². The number of rotatable bonds is 13. The summed E-state index contributed by atoms with van der Waals surface area (Å²) >= 11 is 0. The molecule has 2 amide bonds. The predicted octanol–water partition coefficient (Wildman–Crippen LogP) is 4.55. The van der Waals surface area contributed by atoms with Crippen molar-refractivity contribution < 1.29 is 22.7 Å². The van der Waals surface area contributed by atoms with Gasteiger partial charge in [0.2, 0.25) is 21.8 Å². The first-order valence-corrected chi connectivity index (χ1v) is 15.9. The molecule has 3 aromatic carbocycles. The van der Waals surface area contributed by atoms with E-state index in [-0.39, 0.29) is 18.5 Å². The molecule has 0 heterocycles. The monoisotopic (exact) mass is 577 g/mol. The summed E-state index contributed by atoms with van der Waals surface area (Å²) in [5.74, 6) is -0.0759. The quantitative estimate of drug-likeness (QED) is 0.322. The van der Waals surface area contributed by atoms with E-state index in [0.29, 0.717) is 24.5 Å². The number of carbonyl (C=O) groups excluding carboxylic acids is 2. The average Bonchev–Trinajstić information content (AvgIpc) is 3.49. The van der Waals surface area contributed by atoms with Gasteiger partial charge in [-0.3, -0.25) is 13.9 Å². The van der Waals surface area contributed by atoms with E-state index in [2.05, 4.69) is 5.32 Å². The zero-order chi connectivity index (χ0) is 29.2. The smallest absolute Gasteiger partial charge is 0.244 e. The fourth-order valence-electron chi connectivity index (χ4n) is 5.03. The van der Waals surface area contributed by atoms with Crippen LogP contribution in [-0.4, -0.2) is 56.6 Å². The normalized spacial score (nSPS) is 14.3.